The first-order valence-electron chi connectivity index (χ1n) is 4.08. The fraction of sp³-hybridized carbons (Fsp3) is 0.375. The number of anilines is 1. The van der Waals surface area contributed by atoms with Crippen molar-refractivity contribution in [3.63, 3.8) is 0 Å². The van der Waals surface area contributed by atoms with Gasteiger partial charge in [0.05, 0.1) is 6.20 Å². The molecule has 1 N–H and O–H groups in total. The van der Waals surface area contributed by atoms with Crippen molar-refractivity contribution >= 4 is 11.6 Å². The van der Waals surface area contributed by atoms with Gasteiger partial charge in [0.25, 0.3) is 5.91 Å². The molecule has 13 heavy (non-hydrogen) atoms. The first-order chi connectivity index (χ1) is 6.31. The average Bonchev–Trinajstić information content (AvgIpc) is 2.17. The van der Waals surface area contributed by atoms with Crippen molar-refractivity contribution in [2.24, 2.45) is 0 Å². The third kappa shape index (κ3) is 1.32. The van der Waals surface area contributed by atoms with Crippen LogP contribution < -0.4 is 10.1 Å². The molecule has 0 fully saturated rings. The lowest BCUT2D eigenvalue weighted by atomic mass is 10.2. The summed E-state index contributed by atoms with van der Waals surface area (Å²) in [6.45, 7) is 1.89. The number of carbonyl (C=O) groups is 1. The molecule has 0 bridgehead atoms. The highest BCUT2D eigenvalue weighted by molar-refractivity contribution is 5.96. The molecule has 5 heteroatoms. The predicted molar refractivity (Wildman–Crippen MR) is 45.4 cm³/mol. The van der Waals surface area contributed by atoms with E-state index in [0.29, 0.717) is 18.0 Å². The summed E-state index contributed by atoms with van der Waals surface area (Å²) in [5, 5.41) is 2.67. The zero-order valence-electron chi connectivity index (χ0n) is 7.15. The molecule has 5 nitrogen and oxygen atoms in total. The standard InChI is InChI=1S/C8H9N3O2/c1-2-6-7(12)11-5-3-9-4-10-8(5)13-6/h3-4,6H,2H2,1H3,(H,11,12)/t6-/m1/s1. The Morgan fingerprint density at radius 3 is 3.31 bits per heavy atom. The molecule has 0 spiro atoms. The number of hydrogen-bond acceptors (Lipinski definition) is 4. The Morgan fingerprint density at radius 1 is 1.69 bits per heavy atom. The molecule has 2 heterocycles. The first-order valence-corrected chi connectivity index (χ1v) is 4.08. The van der Waals surface area contributed by atoms with Crippen LogP contribution in [0.5, 0.6) is 5.88 Å². The SMILES string of the molecule is CC[C@H]1Oc2ncncc2NC1=O. The molecular formula is C8H9N3O2. The maximum atomic E-state index is 11.3. The molecule has 0 aromatic carbocycles. The van der Waals surface area contributed by atoms with Crippen LogP contribution in [-0.2, 0) is 4.79 Å². The van der Waals surface area contributed by atoms with Crippen molar-refractivity contribution in [2.75, 3.05) is 5.32 Å². The van der Waals surface area contributed by atoms with Gasteiger partial charge in [0.2, 0.25) is 5.88 Å². The third-order valence-electron chi connectivity index (χ3n) is 1.85. The summed E-state index contributed by atoms with van der Waals surface area (Å²) >= 11 is 0. The van der Waals surface area contributed by atoms with E-state index in [1.54, 1.807) is 0 Å². The summed E-state index contributed by atoms with van der Waals surface area (Å²) in [5.41, 5.74) is 0.539. The van der Waals surface area contributed by atoms with Gasteiger partial charge in [-0.15, -0.1) is 0 Å². The number of ether oxygens (including phenoxy) is 1. The molecule has 0 aliphatic carbocycles. The summed E-state index contributed by atoms with van der Waals surface area (Å²) < 4.78 is 5.33. The van der Waals surface area contributed by atoms with Gasteiger partial charge in [0, 0.05) is 0 Å². The Kier molecular flexibility index (Phi) is 1.84. The zero-order chi connectivity index (χ0) is 9.26. The Balaban J connectivity index is 2.33. The van der Waals surface area contributed by atoms with Crippen LogP contribution in [0.25, 0.3) is 0 Å². The number of amides is 1. The summed E-state index contributed by atoms with van der Waals surface area (Å²) in [7, 11) is 0. The number of nitrogens with zero attached hydrogens (tertiary/aromatic N) is 2. The van der Waals surface area contributed by atoms with Crippen LogP contribution in [0.2, 0.25) is 0 Å². The highest BCUT2D eigenvalue weighted by Gasteiger charge is 2.26. The Morgan fingerprint density at radius 2 is 2.54 bits per heavy atom. The van der Waals surface area contributed by atoms with Crippen molar-refractivity contribution in [2.45, 2.75) is 19.4 Å². The maximum Gasteiger partial charge on any atom is 0.265 e. The van der Waals surface area contributed by atoms with Crippen LogP contribution in [0.1, 0.15) is 13.3 Å². The van der Waals surface area contributed by atoms with Crippen molar-refractivity contribution in [3.8, 4) is 5.88 Å². The number of fused-ring (bicyclic) bond motifs is 1. The van der Waals surface area contributed by atoms with Crippen LogP contribution in [-0.4, -0.2) is 22.0 Å². The first kappa shape index (κ1) is 7.97. The number of hydrogen-bond donors (Lipinski definition) is 1. The fourth-order valence-corrected chi connectivity index (χ4v) is 1.17. The summed E-state index contributed by atoms with van der Waals surface area (Å²) in [5.74, 6) is 0.311. The molecule has 1 aliphatic heterocycles. The Bertz CT molecular complexity index is 340. The van der Waals surface area contributed by atoms with Crippen LogP contribution >= 0.6 is 0 Å². The number of aromatic nitrogens is 2. The second-order valence-electron chi connectivity index (χ2n) is 2.75. The molecule has 1 aliphatic rings. The minimum absolute atomic E-state index is 0.134. The van der Waals surface area contributed by atoms with Crippen LogP contribution in [0.15, 0.2) is 12.5 Å². The Hall–Kier alpha value is -1.65. The van der Waals surface area contributed by atoms with Crippen molar-refractivity contribution in [3.05, 3.63) is 12.5 Å². The molecule has 68 valence electrons. The van der Waals surface area contributed by atoms with E-state index in [1.165, 1.54) is 12.5 Å². The molecule has 1 aromatic rings. The number of nitrogens with one attached hydrogen (secondary N) is 1. The molecule has 0 unspecified atom stereocenters. The third-order valence-corrected chi connectivity index (χ3v) is 1.85. The number of carbonyl (C=O) groups excluding carboxylic acids is 1. The van der Waals surface area contributed by atoms with E-state index in [1.807, 2.05) is 6.92 Å². The topological polar surface area (TPSA) is 64.1 Å². The van der Waals surface area contributed by atoms with Gasteiger partial charge in [-0.05, 0) is 6.42 Å². The summed E-state index contributed by atoms with van der Waals surface area (Å²) in [6.07, 6.45) is 3.12. The highest BCUT2D eigenvalue weighted by atomic mass is 16.5. The van der Waals surface area contributed by atoms with Gasteiger partial charge in [-0.2, -0.15) is 4.98 Å². The molecule has 0 radical (unpaired) electrons. The van der Waals surface area contributed by atoms with Gasteiger partial charge in [-0.25, -0.2) is 4.98 Å². The minimum atomic E-state index is -0.428. The van der Waals surface area contributed by atoms with E-state index in [9.17, 15) is 4.79 Å². The lowest BCUT2D eigenvalue weighted by molar-refractivity contribution is -0.123. The maximum absolute atomic E-state index is 11.3. The molecule has 0 saturated carbocycles. The Labute approximate surface area is 75.1 Å². The average molecular weight is 179 g/mol. The molecule has 0 saturated heterocycles. The second-order valence-corrected chi connectivity index (χ2v) is 2.75. The second kappa shape index (κ2) is 3.01. The lowest BCUT2D eigenvalue weighted by Crippen LogP contribution is -2.36. The van der Waals surface area contributed by atoms with Crippen LogP contribution in [0.4, 0.5) is 5.69 Å². The van der Waals surface area contributed by atoms with E-state index in [0.717, 1.165) is 0 Å². The van der Waals surface area contributed by atoms with E-state index in [2.05, 4.69) is 15.3 Å². The largest absolute Gasteiger partial charge is 0.463 e. The number of rotatable bonds is 1. The lowest BCUT2D eigenvalue weighted by Gasteiger charge is -2.22. The van der Waals surface area contributed by atoms with E-state index in [4.69, 9.17) is 4.74 Å². The van der Waals surface area contributed by atoms with Gasteiger partial charge in [0.15, 0.2) is 6.10 Å². The minimum Gasteiger partial charge on any atom is -0.463 e. The fourth-order valence-electron chi connectivity index (χ4n) is 1.17. The van der Waals surface area contributed by atoms with Crippen molar-refractivity contribution < 1.29 is 9.53 Å². The van der Waals surface area contributed by atoms with Crippen LogP contribution in [0, 0.1) is 0 Å². The van der Waals surface area contributed by atoms with Gasteiger partial charge >= 0.3 is 0 Å². The molecule has 2 rings (SSSR count). The normalized spacial score (nSPS) is 20.1. The van der Waals surface area contributed by atoms with Crippen molar-refractivity contribution in [1.29, 1.82) is 0 Å². The van der Waals surface area contributed by atoms with Crippen molar-refractivity contribution in [1.82, 2.24) is 9.97 Å². The monoisotopic (exact) mass is 179 g/mol. The quantitative estimate of drug-likeness (QED) is 0.685. The molecular weight excluding hydrogens is 170 g/mol. The molecule has 1 aromatic heterocycles. The van der Waals surface area contributed by atoms with Gasteiger partial charge in [-0.1, -0.05) is 6.92 Å². The van der Waals surface area contributed by atoms with Gasteiger partial charge in [0.1, 0.15) is 12.0 Å². The highest BCUT2D eigenvalue weighted by Crippen LogP contribution is 2.25. The van der Waals surface area contributed by atoms with Gasteiger partial charge in [-0.3, -0.25) is 4.79 Å². The molecule has 1 atom stereocenters. The smallest absolute Gasteiger partial charge is 0.265 e. The summed E-state index contributed by atoms with van der Waals surface area (Å²) in [6, 6.07) is 0. The van der Waals surface area contributed by atoms with Gasteiger partial charge < -0.3 is 10.1 Å². The van der Waals surface area contributed by atoms with E-state index < -0.39 is 6.10 Å². The predicted octanol–water partition coefficient (Wildman–Crippen LogP) is 0.586. The van der Waals surface area contributed by atoms with E-state index in [-0.39, 0.29) is 5.91 Å². The van der Waals surface area contributed by atoms with Crippen LogP contribution in [0.3, 0.4) is 0 Å². The van der Waals surface area contributed by atoms with E-state index >= 15 is 0 Å². The zero-order valence-corrected chi connectivity index (χ0v) is 7.15. The molecule has 1 amide bonds. The summed E-state index contributed by atoms with van der Waals surface area (Å²) in [4.78, 5) is 19.0.